The first-order valence-corrected chi connectivity index (χ1v) is 36.2. The van der Waals surface area contributed by atoms with Crippen molar-refractivity contribution in [3.63, 3.8) is 0 Å². The molecule has 0 fully saturated rings. The summed E-state index contributed by atoms with van der Waals surface area (Å²) < 4.78 is 9.49. The van der Waals surface area contributed by atoms with Gasteiger partial charge in [0.1, 0.15) is 11.6 Å². The molecule has 0 amide bonds. The Kier molecular flexibility index (Phi) is 15.1. The second kappa shape index (κ2) is 26.0. The van der Waals surface area contributed by atoms with Gasteiger partial charge in [0.25, 0.3) is 0 Å². The fourth-order valence-corrected chi connectivity index (χ4v) is 16.3. The number of hydrogen-bond donors (Lipinski definition) is 0. The molecule has 0 saturated carbocycles. The Morgan fingerprint density at radius 3 is 0.962 bits per heavy atom. The van der Waals surface area contributed by atoms with Crippen LogP contribution in [0.1, 0.15) is 0 Å². The largest absolute Gasteiger partial charge is 0.309 e. The van der Waals surface area contributed by atoms with Crippen LogP contribution >= 0.6 is 0 Å². The van der Waals surface area contributed by atoms with E-state index in [-0.39, 0.29) is 0 Å². The summed E-state index contributed by atoms with van der Waals surface area (Å²) in [6.07, 6.45) is 0. The lowest BCUT2D eigenvalue weighted by atomic mass is 9.95. The molecule has 21 aromatic rings. The van der Waals surface area contributed by atoms with Crippen LogP contribution in [-0.4, -0.2) is 28.2 Å². The average molecular weight is 1350 g/mol. The maximum Gasteiger partial charge on any atom is 0.138 e. The van der Waals surface area contributed by atoms with Crippen molar-refractivity contribution in [2.75, 3.05) is 0 Å². The Balaban J connectivity index is 0.000000141. The highest BCUT2D eigenvalue weighted by Crippen LogP contribution is 2.46. The molecule has 0 aliphatic heterocycles. The van der Waals surface area contributed by atoms with Crippen LogP contribution in [0.5, 0.6) is 0 Å². The summed E-state index contributed by atoms with van der Waals surface area (Å²) in [5.74, 6) is 1.79. The molecule has 6 aromatic heterocycles. The maximum atomic E-state index is 5.37. The Labute approximate surface area is 613 Å². The van der Waals surface area contributed by atoms with E-state index in [1.54, 1.807) is 0 Å². The zero-order valence-electron chi connectivity index (χ0n) is 57.8. The van der Waals surface area contributed by atoms with Gasteiger partial charge in [-0.25, -0.2) is 9.97 Å². The van der Waals surface area contributed by atoms with Crippen LogP contribution in [0.3, 0.4) is 0 Å². The number of nitrogens with zero attached hydrogens (tertiary/aromatic N) is 6. The minimum atomic E-state index is 0.893. The molecule has 106 heavy (non-hydrogen) atoms. The number of para-hydroxylation sites is 5. The first-order chi connectivity index (χ1) is 52.6. The number of fused-ring (bicyclic) bond motifs is 12. The quantitative estimate of drug-likeness (QED) is 0.130. The van der Waals surface area contributed by atoms with Crippen LogP contribution in [-0.2, 0) is 0 Å². The van der Waals surface area contributed by atoms with Gasteiger partial charge >= 0.3 is 0 Å². The molecule has 0 N–H and O–H groups in total. The number of rotatable bonds is 11. The van der Waals surface area contributed by atoms with Gasteiger partial charge in [-0.3, -0.25) is 9.13 Å². The number of benzene rings is 15. The van der Waals surface area contributed by atoms with Crippen LogP contribution < -0.4 is 0 Å². The van der Waals surface area contributed by atoms with Crippen LogP contribution in [0, 0.1) is 0 Å². The molecule has 0 saturated heterocycles. The van der Waals surface area contributed by atoms with E-state index in [0.29, 0.717) is 0 Å². The molecule has 15 aromatic carbocycles. The molecule has 0 bridgehead atoms. The fraction of sp³-hybridized carbons (Fsp3) is 0. The fourth-order valence-electron chi connectivity index (χ4n) is 16.3. The maximum absolute atomic E-state index is 5.37. The first kappa shape index (κ1) is 61.7. The molecule has 6 heteroatoms. The third-order valence-corrected chi connectivity index (χ3v) is 21.0. The SMILES string of the molecule is c1ccc(-c2cc(-c3ccccc3)nc(-n3c4ccccc4c4c(-c5cccc6c5c5ccccc5n6-c5ccccc5)cccc43)c2)cc1.c1ccc(-c2cccc(-n3c4ccccc4c4cc(-c5cccc6c5c5ccccc5n6-c5cc(-c6ccccc6)cc(-c6ccccc6)n5)ccc43)c2)cc1. The smallest absolute Gasteiger partial charge is 0.138 e. The Morgan fingerprint density at radius 2 is 0.481 bits per heavy atom. The van der Waals surface area contributed by atoms with Gasteiger partial charge in [0.2, 0.25) is 0 Å². The molecule has 0 aliphatic carbocycles. The standard InChI is InChI=1S/C53H35N3.C47H31N3/c1-4-16-36(17-5-1)39-22-14-23-42(32-39)55-48-27-12-10-24-44(48)46-33-40(30-31-50(46)55)43-26-15-29-51-53(43)45-25-11-13-28-49(45)56(51)52-35-41(37-18-6-2-7-19-37)34-47(54-52)38-20-8-3-9-21-38;1-4-16-32(17-5-1)34-30-40(33-18-6-2-7-19-33)48-45(31-34)50-42-27-13-11-23-39(42)47-37(25-15-29-44(47)50)36-24-14-28-43-46(36)38-22-10-12-26-41(38)49(43)35-20-8-3-9-21-35/h1-35H;1-31H. The highest BCUT2D eigenvalue weighted by atomic mass is 15.1. The van der Waals surface area contributed by atoms with E-state index in [0.717, 1.165) is 89.8 Å². The number of aromatic nitrogens is 6. The van der Waals surface area contributed by atoms with E-state index in [1.165, 1.54) is 98.5 Å². The van der Waals surface area contributed by atoms with Crippen molar-refractivity contribution in [1.29, 1.82) is 0 Å². The van der Waals surface area contributed by atoms with E-state index in [1.807, 2.05) is 0 Å². The topological polar surface area (TPSA) is 45.5 Å². The number of pyridine rings is 2. The van der Waals surface area contributed by atoms with Crippen LogP contribution in [0.2, 0.25) is 0 Å². The van der Waals surface area contributed by atoms with Gasteiger partial charge < -0.3 is 9.13 Å². The summed E-state index contributed by atoms with van der Waals surface area (Å²) in [6, 6.07) is 143. The van der Waals surface area contributed by atoms with Crippen LogP contribution in [0.4, 0.5) is 0 Å². The lowest BCUT2D eigenvalue weighted by Gasteiger charge is -2.13. The highest BCUT2D eigenvalue weighted by molar-refractivity contribution is 6.23. The Hall–Kier alpha value is -14.2. The summed E-state index contributed by atoms with van der Waals surface area (Å²) >= 11 is 0. The Bertz CT molecular complexity index is 6800. The predicted octanol–water partition coefficient (Wildman–Crippen LogP) is 26.2. The van der Waals surface area contributed by atoms with Crippen molar-refractivity contribution >= 4 is 87.2 Å². The minimum Gasteiger partial charge on any atom is -0.309 e. The summed E-state index contributed by atoms with van der Waals surface area (Å²) in [5.41, 5.74) is 27.5. The summed E-state index contributed by atoms with van der Waals surface area (Å²) in [6.45, 7) is 0. The number of hydrogen-bond acceptors (Lipinski definition) is 2. The van der Waals surface area contributed by atoms with E-state index < -0.39 is 0 Å². The van der Waals surface area contributed by atoms with Crippen molar-refractivity contribution in [2.45, 2.75) is 0 Å². The van der Waals surface area contributed by atoms with Gasteiger partial charge in [0.05, 0.1) is 55.5 Å². The van der Waals surface area contributed by atoms with Crippen molar-refractivity contribution in [1.82, 2.24) is 28.2 Å². The average Bonchev–Trinajstić information content (AvgIpc) is 1.57. The third-order valence-electron chi connectivity index (χ3n) is 21.0. The molecular formula is C100H66N6. The molecule has 0 radical (unpaired) electrons. The summed E-state index contributed by atoms with van der Waals surface area (Å²) in [7, 11) is 0. The molecule has 0 aliphatic rings. The van der Waals surface area contributed by atoms with Crippen molar-refractivity contribution in [2.24, 2.45) is 0 Å². The van der Waals surface area contributed by atoms with Crippen molar-refractivity contribution in [3.05, 3.63) is 400 Å². The lowest BCUT2D eigenvalue weighted by Crippen LogP contribution is -2.00. The normalized spacial score (nSPS) is 11.6. The van der Waals surface area contributed by atoms with E-state index in [9.17, 15) is 0 Å². The second-order valence-electron chi connectivity index (χ2n) is 27.2. The van der Waals surface area contributed by atoms with Gasteiger partial charge in [-0.05, 0) is 159 Å². The monoisotopic (exact) mass is 1350 g/mol. The predicted molar refractivity (Wildman–Crippen MR) is 444 cm³/mol. The van der Waals surface area contributed by atoms with Gasteiger partial charge in [0.15, 0.2) is 0 Å². The summed E-state index contributed by atoms with van der Waals surface area (Å²) in [5, 5.41) is 9.81. The molecule has 6 heterocycles. The summed E-state index contributed by atoms with van der Waals surface area (Å²) in [4.78, 5) is 10.7. The van der Waals surface area contributed by atoms with Crippen molar-refractivity contribution in [3.8, 4) is 101 Å². The van der Waals surface area contributed by atoms with Crippen LogP contribution in [0.25, 0.3) is 188 Å². The van der Waals surface area contributed by atoms with Gasteiger partial charge in [-0.15, -0.1) is 0 Å². The molecule has 0 unspecified atom stereocenters. The lowest BCUT2D eigenvalue weighted by molar-refractivity contribution is 1.08. The van der Waals surface area contributed by atoms with E-state index in [4.69, 9.17) is 9.97 Å². The highest BCUT2D eigenvalue weighted by Gasteiger charge is 2.24. The van der Waals surface area contributed by atoms with Gasteiger partial charge in [0, 0.05) is 65.6 Å². The van der Waals surface area contributed by atoms with Gasteiger partial charge in [-0.2, -0.15) is 0 Å². The zero-order valence-corrected chi connectivity index (χ0v) is 57.8. The Morgan fingerprint density at radius 1 is 0.160 bits per heavy atom. The third kappa shape index (κ3) is 10.6. The molecule has 6 nitrogen and oxygen atoms in total. The molecule has 496 valence electrons. The van der Waals surface area contributed by atoms with Crippen LogP contribution in [0.15, 0.2) is 400 Å². The molecule has 21 rings (SSSR count). The molecule has 0 spiro atoms. The van der Waals surface area contributed by atoms with E-state index >= 15 is 0 Å². The molecule has 0 atom stereocenters. The zero-order chi connectivity index (χ0) is 70.0. The van der Waals surface area contributed by atoms with Crippen molar-refractivity contribution < 1.29 is 0 Å². The van der Waals surface area contributed by atoms with E-state index in [2.05, 4.69) is 419 Å². The first-order valence-electron chi connectivity index (χ1n) is 36.2. The molecular weight excluding hydrogens is 1290 g/mol. The van der Waals surface area contributed by atoms with Gasteiger partial charge in [-0.1, -0.05) is 297 Å². The second-order valence-corrected chi connectivity index (χ2v) is 27.2. The minimum absolute atomic E-state index is 0.893.